The molecule has 10 heteroatoms. The molecule has 6 heterocycles. The van der Waals surface area contributed by atoms with E-state index in [1.807, 2.05) is 16.8 Å². The van der Waals surface area contributed by atoms with Crippen molar-refractivity contribution in [3.8, 4) is 11.6 Å². The van der Waals surface area contributed by atoms with Gasteiger partial charge in [-0.1, -0.05) is 25.0 Å². The van der Waals surface area contributed by atoms with Crippen molar-refractivity contribution in [2.75, 3.05) is 11.4 Å². The minimum absolute atomic E-state index is 0.250. The van der Waals surface area contributed by atoms with Crippen LogP contribution in [0, 0.1) is 0 Å². The number of H-pyrrole nitrogens is 1. The maximum atomic E-state index is 6.02. The smallest absolute Gasteiger partial charge is 0.319 e. The van der Waals surface area contributed by atoms with E-state index in [9.17, 15) is 0 Å². The highest BCUT2D eigenvalue weighted by molar-refractivity contribution is 5.59. The summed E-state index contributed by atoms with van der Waals surface area (Å²) >= 11 is 0. The van der Waals surface area contributed by atoms with Gasteiger partial charge in [0.15, 0.2) is 0 Å². The summed E-state index contributed by atoms with van der Waals surface area (Å²) < 4.78 is 7.95. The van der Waals surface area contributed by atoms with E-state index in [1.54, 1.807) is 24.7 Å². The maximum absolute atomic E-state index is 6.02. The summed E-state index contributed by atoms with van der Waals surface area (Å²) in [7, 11) is 0. The summed E-state index contributed by atoms with van der Waals surface area (Å²) in [6.45, 7) is 5.06. The van der Waals surface area contributed by atoms with Crippen molar-refractivity contribution in [3.05, 3.63) is 71.7 Å². The largest absolute Gasteiger partial charge is 0.401 e. The molecule has 1 N–H and O–H groups in total. The number of nitrogens with one attached hydrogen (secondary N) is 1. The third-order valence-electron chi connectivity index (χ3n) is 5.83. The van der Waals surface area contributed by atoms with E-state index in [0.29, 0.717) is 30.1 Å². The number of nitrogens with zero attached hydrogens (tertiary/aromatic N) is 8. The summed E-state index contributed by atoms with van der Waals surface area (Å²) in [6, 6.07) is 10.0. The van der Waals surface area contributed by atoms with E-state index < -0.39 is 0 Å². The molecular weight excluding hydrogens is 406 g/mol. The van der Waals surface area contributed by atoms with E-state index in [4.69, 9.17) is 9.52 Å². The lowest BCUT2D eigenvalue weighted by Crippen LogP contribution is -2.36. The Morgan fingerprint density at radius 2 is 2.09 bits per heavy atom. The lowest BCUT2D eigenvalue weighted by molar-refractivity contribution is 0.502. The van der Waals surface area contributed by atoms with Crippen LogP contribution in [0.5, 0.6) is 0 Å². The van der Waals surface area contributed by atoms with Gasteiger partial charge in [-0.3, -0.25) is 0 Å². The summed E-state index contributed by atoms with van der Waals surface area (Å²) in [5, 5.41) is 21.4. The SMILES string of the molecule is CC(C)c1cccn2nc(C3c4nc[nH]c4CCN3c3nnc(-c4cccnn4)o3)cc12. The molecule has 0 amide bonds. The Labute approximate surface area is 183 Å². The average Bonchev–Trinajstić information content (AvgIpc) is 3.57. The highest BCUT2D eigenvalue weighted by Crippen LogP contribution is 2.37. The minimum atomic E-state index is -0.250. The summed E-state index contributed by atoms with van der Waals surface area (Å²) in [4.78, 5) is 9.95. The van der Waals surface area contributed by atoms with E-state index in [1.165, 1.54) is 5.56 Å². The summed E-state index contributed by atoms with van der Waals surface area (Å²) in [5.41, 5.74) is 5.77. The monoisotopic (exact) mass is 427 g/mol. The zero-order valence-corrected chi connectivity index (χ0v) is 17.7. The van der Waals surface area contributed by atoms with Crippen molar-refractivity contribution in [1.82, 2.24) is 40.0 Å². The first kappa shape index (κ1) is 18.7. The molecule has 1 atom stereocenters. The van der Waals surface area contributed by atoms with E-state index in [-0.39, 0.29) is 6.04 Å². The molecule has 0 bridgehead atoms. The Bertz CT molecular complexity index is 1380. The van der Waals surface area contributed by atoms with Crippen LogP contribution in [-0.2, 0) is 6.42 Å². The number of fused-ring (bicyclic) bond motifs is 2. The topological polar surface area (TPSA) is 114 Å². The molecule has 0 saturated carbocycles. The molecule has 6 rings (SSSR count). The van der Waals surface area contributed by atoms with Crippen molar-refractivity contribution >= 4 is 11.5 Å². The molecule has 0 radical (unpaired) electrons. The predicted molar refractivity (Wildman–Crippen MR) is 116 cm³/mol. The first-order chi connectivity index (χ1) is 15.7. The van der Waals surface area contributed by atoms with Gasteiger partial charge in [-0.05, 0) is 35.7 Å². The molecule has 0 fully saturated rings. The Morgan fingerprint density at radius 1 is 1.16 bits per heavy atom. The molecule has 0 aromatic carbocycles. The quantitative estimate of drug-likeness (QED) is 0.465. The Hall–Kier alpha value is -4.08. The van der Waals surface area contributed by atoms with Gasteiger partial charge >= 0.3 is 6.01 Å². The van der Waals surface area contributed by atoms with Gasteiger partial charge in [-0.15, -0.1) is 10.2 Å². The molecule has 5 aromatic heterocycles. The van der Waals surface area contributed by atoms with Crippen LogP contribution < -0.4 is 4.90 Å². The third-order valence-corrected chi connectivity index (χ3v) is 5.83. The second kappa shape index (κ2) is 7.26. The van der Waals surface area contributed by atoms with Crippen LogP contribution in [0.4, 0.5) is 6.01 Å². The highest BCUT2D eigenvalue weighted by atomic mass is 16.4. The maximum Gasteiger partial charge on any atom is 0.319 e. The van der Waals surface area contributed by atoms with Crippen LogP contribution >= 0.6 is 0 Å². The third kappa shape index (κ3) is 2.95. The first-order valence-electron chi connectivity index (χ1n) is 10.6. The van der Waals surface area contributed by atoms with Crippen molar-refractivity contribution < 1.29 is 4.42 Å². The normalized spacial score (nSPS) is 16.1. The average molecular weight is 427 g/mol. The molecule has 0 saturated heterocycles. The van der Waals surface area contributed by atoms with Gasteiger partial charge in [-0.2, -0.15) is 10.2 Å². The van der Waals surface area contributed by atoms with E-state index in [0.717, 1.165) is 29.0 Å². The predicted octanol–water partition coefficient (Wildman–Crippen LogP) is 3.17. The van der Waals surface area contributed by atoms with Gasteiger partial charge in [-0.25, -0.2) is 9.50 Å². The standard InChI is InChI=1S/C22H21N9O/c1-13(2)14-5-4-9-31-18(14)11-17(29-31)20-19-15(23-12-24-19)7-10-30(20)22-28-27-21(32-22)16-6-3-8-25-26-16/h3-6,8-9,11-13,20H,7,10H2,1-2H3,(H,23,24). The zero-order valence-electron chi connectivity index (χ0n) is 17.7. The lowest BCUT2D eigenvalue weighted by atomic mass is 9.99. The van der Waals surface area contributed by atoms with Crippen LogP contribution in [0.15, 0.2) is 53.5 Å². The minimum Gasteiger partial charge on any atom is -0.401 e. The van der Waals surface area contributed by atoms with Crippen LogP contribution in [0.1, 0.15) is 48.5 Å². The fourth-order valence-electron chi connectivity index (χ4n) is 4.31. The molecular formula is C22H21N9O. The second-order valence-electron chi connectivity index (χ2n) is 8.13. The fourth-order valence-corrected chi connectivity index (χ4v) is 4.31. The molecule has 32 heavy (non-hydrogen) atoms. The van der Waals surface area contributed by atoms with Crippen LogP contribution in [-0.4, -0.2) is 46.5 Å². The molecule has 0 spiro atoms. The van der Waals surface area contributed by atoms with Crippen molar-refractivity contribution in [2.24, 2.45) is 0 Å². The summed E-state index contributed by atoms with van der Waals surface area (Å²) in [6.07, 6.45) is 6.10. The van der Waals surface area contributed by atoms with Crippen LogP contribution in [0.3, 0.4) is 0 Å². The number of rotatable bonds is 4. The zero-order chi connectivity index (χ0) is 21.7. The summed E-state index contributed by atoms with van der Waals surface area (Å²) in [5.74, 6) is 0.717. The Balaban J connectivity index is 1.46. The highest BCUT2D eigenvalue weighted by Gasteiger charge is 2.36. The molecule has 5 aromatic rings. The van der Waals surface area contributed by atoms with Gasteiger partial charge in [0.25, 0.3) is 5.89 Å². The van der Waals surface area contributed by atoms with Gasteiger partial charge in [0.1, 0.15) is 11.7 Å². The van der Waals surface area contributed by atoms with E-state index in [2.05, 4.69) is 61.2 Å². The Morgan fingerprint density at radius 3 is 2.94 bits per heavy atom. The van der Waals surface area contributed by atoms with Gasteiger partial charge < -0.3 is 14.3 Å². The molecule has 1 aliphatic heterocycles. The molecule has 0 aliphatic carbocycles. The molecule has 1 aliphatic rings. The van der Waals surface area contributed by atoms with Gasteiger partial charge in [0.2, 0.25) is 0 Å². The number of pyridine rings is 1. The number of imidazole rings is 1. The van der Waals surface area contributed by atoms with Crippen molar-refractivity contribution in [2.45, 2.75) is 32.2 Å². The fraction of sp³-hybridized carbons (Fsp3) is 0.273. The lowest BCUT2D eigenvalue weighted by Gasteiger charge is -2.32. The first-order valence-corrected chi connectivity index (χ1v) is 10.6. The number of anilines is 1. The molecule has 1 unspecified atom stereocenters. The number of aromatic amines is 1. The number of hydrogen-bond donors (Lipinski definition) is 1. The number of hydrogen-bond acceptors (Lipinski definition) is 8. The van der Waals surface area contributed by atoms with Gasteiger partial charge in [0, 0.05) is 31.1 Å². The number of aromatic nitrogens is 8. The molecule has 160 valence electrons. The van der Waals surface area contributed by atoms with Crippen LogP contribution in [0.2, 0.25) is 0 Å². The molecule has 10 nitrogen and oxygen atoms in total. The van der Waals surface area contributed by atoms with E-state index >= 15 is 0 Å². The van der Waals surface area contributed by atoms with Gasteiger partial charge in [0.05, 0.1) is 23.2 Å². The van der Waals surface area contributed by atoms with Crippen molar-refractivity contribution in [1.29, 1.82) is 0 Å². The second-order valence-corrected chi connectivity index (χ2v) is 8.13. The van der Waals surface area contributed by atoms with Crippen molar-refractivity contribution in [3.63, 3.8) is 0 Å². The Kier molecular flexibility index (Phi) is 4.23. The van der Waals surface area contributed by atoms with Crippen LogP contribution in [0.25, 0.3) is 17.1 Å².